The lowest BCUT2D eigenvalue weighted by atomic mass is 10.1. The molecule has 2 heterocycles. The van der Waals surface area contributed by atoms with Crippen LogP contribution in [0.4, 0.5) is 5.69 Å². The molecular weight excluding hydrogens is 214 g/mol. The third kappa shape index (κ3) is 2.75. The fourth-order valence-corrected chi connectivity index (χ4v) is 2.39. The first-order valence-electron chi connectivity index (χ1n) is 6.20. The summed E-state index contributed by atoms with van der Waals surface area (Å²) in [6.45, 7) is 3.03. The minimum Gasteiger partial charge on any atom is -0.397 e. The number of nitrogens with two attached hydrogens (primary N) is 1. The molecule has 4 nitrogen and oxygen atoms in total. The molecule has 1 aliphatic heterocycles. The van der Waals surface area contributed by atoms with Crippen molar-refractivity contribution in [2.24, 2.45) is 0 Å². The van der Waals surface area contributed by atoms with E-state index in [4.69, 9.17) is 5.73 Å². The minimum atomic E-state index is 0.187. The number of amides is 1. The fourth-order valence-electron chi connectivity index (χ4n) is 2.39. The molecule has 1 atom stereocenters. The van der Waals surface area contributed by atoms with Gasteiger partial charge in [-0.15, -0.1) is 0 Å². The van der Waals surface area contributed by atoms with Gasteiger partial charge in [-0.05, 0) is 31.4 Å². The zero-order valence-electron chi connectivity index (χ0n) is 10.2. The Morgan fingerprint density at radius 3 is 3.06 bits per heavy atom. The summed E-state index contributed by atoms with van der Waals surface area (Å²) in [7, 11) is 0. The van der Waals surface area contributed by atoms with Crippen molar-refractivity contribution in [3.05, 3.63) is 24.0 Å². The van der Waals surface area contributed by atoms with E-state index >= 15 is 0 Å². The fraction of sp³-hybridized carbons (Fsp3) is 0.538. The Balaban J connectivity index is 1.99. The second kappa shape index (κ2) is 5.17. The molecule has 2 N–H and O–H groups in total. The number of nitrogen functional groups attached to an aromatic ring is 1. The molecule has 17 heavy (non-hydrogen) atoms. The van der Waals surface area contributed by atoms with Crippen LogP contribution in [-0.2, 0) is 11.2 Å². The van der Waals surface area contributed by atoms with Crippen LogP contribution >= 0.6 is 0 Å². The second-order valence-electron chi connectivity index (χ2n) is 4.55. The summed E-state index contributed by atoms with van der Waals surface area (Å²) in [5.41, 5.74) is 7.00. The van der Waals surface area contributed by atoms with Crippen molar-refractivity contribution in [3.63, 3.8) is 0 Å². The third-order valence-corrected chi connectivity index (χ3v) is 3.35. The molecule has 2 rings (SSSR count). The van der Waals surface area contributed by atoms with Gasteiger partial charge in [0, 0.05) is 18.3 Å². The lowest BCUT2D eigenvalue weighted by Crippen LogP contribution is -2.36. The summed E-state index contributed by atoms with van der Waals surface area (Å²) >= 11 is 0. The highest BCUT2D eigenvalue weighted by atomic mass is 16.2. The van der Waals surface area contributed by atoms with Crippen LogP contribution in [0.2, 0.25) is 0 Å². The zero-order valence-corrected chi connectivity index (χ0v) is 10.2. The maximum absolute atomic E-state index is 12.1. The molecule has 1 aromatic heterocycles. The van der Waals surface area contributed by atoms with E-state index in [0.717, 1.165) is 31.5 Å². The van der Waals surface area contributed by atoms with E-state index in [-0.39, 0.29) is 5.91 Å². The quantitative estimate of drug-likeness (QED) is 0.862. The number of carbonyl (C=O) groups excluding carboxylic acids is 1. The number of carbonyl (C=O) groups is 1. The first-order valence-corrected chi connectivity index (χ1v) is 6.20. The molecular formula is C13H19N3O. The minimum absolute atomic E-state index is 0.187. The van der Waals surface area contributed by atoms with E-state index in [0.29, 0.717) is 18.2 Å². The van der Waals surface area contributed by atoms with Gasteiger partial charge in [-0.3, -0.25) is 9.78 Å². The van der Waals surface area contributed by atoms with Crippen LogP contribution in [0.25, 0.3) is 0 Å². The van der Waals surface area contributed by atoms with Crippen LogP contribution in [0.1, 0.15) is 31.9 Å². The van der Waals surface area contributed by atoms with E-state index in [1.54, 1.807) is 12.3 Å². The van der Waals surface area contributed by atoms with E-state index in [1.807, 2.05) is 11.0 Å². The molecule has 0 radical (unpaired) electrons. The smallest absolute Gasteiger partial charge is 0.228 e. The number of pyridine rings is 1. The SMILES string of the molecule is CCC1CCCN1C(=O)Cc1ccc(N)cn1. The Hall–Kier alpha value is -1.58. The number of rotatable bonds is 3. The van der Waals surface area contributed by atoms with E-state index in [9.17, 15) is 4.79 Å². The molecule has 0 aromatic carbocycles. The van der Waals surface area contributed by atoms with Gasteiger partial charge < -0.3 is 10.6 Å². The summed E-state index contributed by atoms with van der Waals surface area (Å²) < 4.78 is 0. The first kappa shape index (κ1) is 11.9. The molecule has 0 aliphatic carbocycles. The van der Waals surface area contributed by atoms with Crippen molar-refractivity contribution in [1.29, 1.82) is 0 Å². The molecule has 1 amide bonds. The third-order valence-electron chi connectivity index (χ3n) is 3.35. The van der Waals surface area contributed by atoms with E-state index in [2.05, 4.69) is 11.9 Å². The van der Waals surface area contributed by atoms with Gasteiger partial charge in [-0.1, -0.05) is 6.92 Å². The largest absolute Gasteiger partial charge is 0.397 e. The summed E-state index contributed by atoms with van der Waals surface area (Å²) in [6, 6.07) is 4.04. The van der Waals surface area contributed by atoms with Crippen LogP contribution < -0.4 is 5.73 Å². The van der Waals surface area contributed by atoms with Crippen LogP contribution in [0, 0.1) is 0 Å². The topological polar surface area (TPSA) is 59.2 Å². The number of hydrogen-bond acceptors (Lipinski definition) is 3. The van der Waals surface area contributed by atoms with Crippen LogP contribution in [0.15, 0.2) is 18.3 Å². The van der Waals surface area contributed by atoms with Crippen molar-refractivity contribution < 1.29 is 4.79 Å². The summed E-state index contributed by atoms with van der Waals surface area (Å²) in [4.78, 5) is 18.3. The van der Waals surface area contributed by atoms with Gasteiger partial charge in [0.15, 0.2) is 0 Å². The van der Waals surface area contributed by atoms with Gasteiger partial charge in [0.05, 0.1) is 18.3 Å². The zero-order chi connectivity index (χ0) is 12.3. The normalized spacial score (nSPS) is 19.6. The number of aromatic nitrogens is 1. The van der Waals surface area contributed by atoms with Crippen LogP contribution in [0.3, 0.4) is 0 Å². The second-order valence-corrected chi connectivity index (χ2v) is 4.55. The number of likely N-dealkylation sites (tertiary alicyclic amines) is 1. The Morgan fingerprint density at radius 2 is 2.41 bits per heavy atom. The average molecular weight is 233 g/mol. The Labute approximate surface area is 102 Å². The Kier molecular flexibility index (Phi) is 3.61. The highest BCUT2D eigenvalue weighted by molar-refractivity contribution is 5.79. The van der Waals surface area contributed by atoms with Crippen molar-refractivity contribution in [2.45, 2.75) is 38.6 Å². The Bertz CT molecular complexity index is 388. The standard InChI is InChI=1S/C13H19N3O/c1-2-12-4-3-7-16(12)13(17)8-11-6-5-10(14)9-15-11/h5-6,9,12H,2-4,7-8,14H2,1H3. The maximum atomic E-state index is 12.1. The number of anilines is 1. The highest BCUT2D eigenvalue weighted by Crippen LogP contribution is 2.20. The molecule has 1 aliphatic rings. The highest BCUT2D eigenvalue weighted by Gasteiger charge is 2.27. The first-order chi connectivity index (χ1) is 8.20. The van der Waals surface area contributed by atoms with Crippen molar-refractivity contribution >= 4 is 11.6 Å². The summed E-state index contributed by atoms with van der Waals surface area (Å²) in [5.74, 6) is 0.187. The van der Waals surface area contributed by atoms with Crippen LogP contribution in [0.5, 0.6) is 0 Å². The molecule has 4 heteroatoms. The molecule has 92 valence electrons. The molecule has 0 saturated carbocycles. The summed E-state index contributed by atoms with van der Waals surface area (Å²) in [6.07, 6.45) is 5.29. The maximum Gasteiger partial charge on any atom is 0.228 e. The van der Waals surface area contributed by atoms with Crippen molar-refractivity contribution in [1.82, 2.24) is 9.88 Å². The molecule has 1 unspecified atom stereocenters. The lowest BCUT2D eigenvalue weighted by molar-refractivity contribution is -0.131. The molecule has 0 bridgehead atoms. The van der Waals surface area contributed by atoms with Gasteiger partial charge in [0.1, 0.15) is 0 Å². The van der Waals surface area contributed by atoms with Crippen LogP contribution in [-0.4, -0.2) is 28.4 Å². The summed E-state index contributed by atoms with van der Waals surface area (Å²) in [5, 5.41) is 0. The predicted octanol–water partition coefficient (Wildman–Crippen LogP) is 1.61. The molecule has 1 aromatic rings. The predicted molar refractivity (Wildman–Crippen MR) is 67.4 cm³/mol. The van der Waals surface area contributed by atoms with Gasteiger partial charge in [0.2, 0.25) is 5.91 Å². The van der Waals surface area contributed by atoms with E-state index < -0.39 is 0 Å². The molecule has 1 saturated heterocycles. The Morgan fingerprint density at radius 1 is 1.59 bits per heavy atom. The number of nitrogens with zero attached hydrogens (tertiary/aromatic N) is 2. The monoisotopic (exact) mass is 233 g/mol. The van der Waals surface area contributed by atoms with Gasteiger partial charge in [-0.2, -0.15) is 0 Å². The van der Waals surface area contributed by atoms with Crippen molar-refractivity contribution in [3.8, 4) is 0 Å². The average Bonchev–Trinajstić information content (AvgIpc) is 2.80. The van der Waals surface area contributed by atoms with Gasteiger partial charge in [-0.25, -0.2) is 0 Å². The van der Waals surface area contributed by atoms with E-state index in [1.165, 1.54) is 0 Å². The lowest BCUT2D eigenvalue weighted by Gasteiger charge is -2.23. The number of hydrogen-bond donors (Lipinski definition) is 1. The van der Waals surface area contributed by atoms with Crippen molar-refractivity contribution in [2.75, 3.05) is 12.3 Å². The molecule has 0 spiro atoms. The molecule has 1 fully saturated rings. The van der Waals surface area contributed by atoms with Gasteiger partial charge in [0.25, 0.3) is 0 Å². The van der Waals surface area contributed by atoms with Gasteiger partial charge >= 0.3 is 0 Å².